The second-order valence-corrected chi connectivity index (χ2v) is 18.4. The SMILES string of the molecule is CC(C)(C)Oc1ccc(-c2c(-c3ccc(OC(C)(C)C)cc3)c3ccc4cccc5ccc(c2-c2ccc(OC(C)(C)C)cc2)c3c45)cc1.O=S(=O)(O)C(F)(F)F. The van der Waals surface area contributed by atoms with Gasteiger partial charge in [-0.2, -0.15) is 21.6 Å². The van der Waals surface area contributed by atoms with Crippen molar-refractivity contribution in [1.29, 1.82) is 0 Å². The summed E-state index contributed by atoms with van der Waals surface area (Å²) in [7, 11) is -5.84. The van der Waals surface area contributed by atoms with Crippen LogP contribution in [0.2, 0.25) is 0 Å². The van der Waals surface area contributed by atoms with E-state index in [9.17, 15) is 13.2 Å². The molecule has 6 nitrogen and oxygen atoms in total. The summed E-state index contributed by atoms with van der Waals surface area (Å²) in [6, 6.07) is 41.6. The lowest BCUT2D eigenvalue weighted by molar-refractivity contribution is -0.0510. The Balaban J connectivity index is 0.000000622. The third-order valence-corrected chi connectivity index (χ3v) is 9.39. The maximum atomic E-state index is 10.7. The minimum absolute atomic E-state index is 0.285. The highest BCUT2D eigenvalue weighted by Crippen LogP contribution is 2.51. The van der Waals surface area contributed by atoms with E-state index in [4.69, 9.17) is 27.2 Å². The Morgan fingerprint density at radius 3 is 1.02 bits per heavy atom. The largest absolute Gasteiger partial charge is 0.522 e. The maximum Gasteiger partial charge on any atom is 0.522 e. The fourth-order valence-corrected chi connectivity index (χ4v) is 6.91. The van der Waals surface area contributed by atoms with Crippen LogP contribution in [0.25, 0.3) is 65.7 Å². The number of rotatable bonds is 6. The molecule has 10 heteroatoms. The molecular weight excluding hydrogens is 750 g/mol. The van der Waals surface area contributed by atoms with E-state index < -0.39 is 15.6 Å². The molecule has 7 aromatic rings. The third kappa shape index (κ3) is 9.46. The first-order valence-corrected chi connectivity index (χ1v) is 20.0. The van der Waals surface area contributed by atoms with E-state index in [0.717, 1.165) is 33.9 Å². The monoisotopic (exact) mass is 796 g/mol. The Kier molecular flexibility index (Phi) is 10.8. The first-order valence-electron chi connectivity index (χ1n) is 18.5. The van der Waals surface area contributed by atoms with Gasteiger partial charge in [0.2, 0.25) is 0 Å². The quantitative estimate of drug-likeness (QED) is 0.103. The highest BCUT2D eigenvalue weighted by atomic mass is 32.2. The van der Waals surface area contributed by atoms with E-state index in [1.54, 1.807) is 0 Å². The van der Waals surface area contributed by atoms with Gasteiger partial charge in [-0.1, -0.05) is 78.9 Å². The molecule has 0 bridgehead atoms. The lowest BCUT2D eigenvalue weighted by atomic mass is 9.79. The van der Waals surface area contributed by atoms with Crippen LogP contribution in [-0.4, -0.2) is 35.3 Å². The topological polar surface area (TPSA) is 82.1 Å². The number of halogens is 3. The van der Waals surface area contributed by atoms with Crippen LogP contribution < -0.4 is 14.2 Å². The van der Waals surface area contributed by atoms with Crippen LogP contribution in [0.5, 0.6) is 17.2 Å². The number of ether oxygens (including phenoxy) is 3. The number of benzene rings is 7. The van der Waals surface area contributed by atoms with Crippen molar-refractivity contribution in [3.8, 4) is 50.6 Å². The summed E-state index contributed by atoms with van der Waals surface area (Å²) in [5.41, 5.74) is 0.583. The fourth-order valence-electron chi connectivity index (χ4n) is 6.91. The minimum Gasteiger partial charge on any atom is -0.488 e. The van der Waals surface area contributed by atoms with Crippen LogP contribution in [-0.2, 0) is 10.1 Å². The molecule has 0 atom stereocenters. The predicted molar refractivity (Wildman–Crippen MR) is 225 cm³/mol. The van der Waals surface area contributed by atoms with Gasteiger partial charge in [0.25, 0.3) is 0 Å². The van der Waals surface area contributed by atoms with Gasteiger partial charge in [-0.05, 0) is 164 Å². The molecule has 0 aliphatic heterocycles. The van der Waals surface area contributed by atoms with E-state index in [-0.39, 0.29) is 16.8 Å². The van der Waals surface area contributed by atoms with Crippen molar-refractivity contribution in [2.45, 2.75) is 84.6 Å². The van der Waals surface area contributed by atoms with Crippen LogP contribution >= 0.6 is 0 Å². The Labute approximate surface area is 332 Å². The van der Waals surface area contributed by atoms with Crippen LogP contribution in [0.3, 0.4) is 0 Å². The highest BCUT2D eigenvalue weighted by Gasteiger charge is 2.44. The fraction of sp³-hybridized carbons (Fsp3) is 0.277. The summed E-state index contributed by atoms with van der Waals surface area (Å²) in [6.07, 6.45) is 0. The molecule has 0 saturated carbocycles. The summed E-state index contributed by atoms with van der Waals surface area (Å²) in [5.74, 6) is 2.56. The first-order chi connectivity index (χ1) is 26.4. The molecule has 0 saturated heterocycles. The van der Waals surface area contributed by atoms with Crippen LogP contribution in [0.15, 0.2) is 115 Å². The van der Waals surface area contributed by atoms with Gasteiger partial charge in [0.05, 0.1) is 0 Å². The molecular formula is C47H47F3O6S. The molecule has 0 spiro atoms. The van der Waals surface area contributed by atoms with Gasteiger partial charge < -0.3 is 14.2 Å². The van der Waals surface area contributed by atoms with Gasteiger partial charge in [0.15, 0.2) is 0 Å². The molecule has 0 heterocycles. The summed E-state index contributed by atoms with van der Waals surface area (Å²) in [6.45, 7) is 18.7. The summed E-state index contributed by atoms with van der Waals surface area (Å²) in [5, 5.41) is 7.51. The first kappa shape index (κ1) is 41.3. The van der Waals surface area contributed by atoms with E-state index in [1.165, 1.54) is 49.0 Å². The molecule has 1 N–H and O–H groups in total. The van der Waals surface area contributed by atoms with E-state index in [0.29, 0.717) is 0 Å². The van der Waals surface area contributed by atoms with Crippen molar-refractivity contribution in [3.05, 3.63) is 115 Å². The van der Waals surface area contributed by atoms with Crippen molar-refractivity contribution in [2.75, 3.05) is 0 Å². The molecule has 0 unspecified atom stereocenters. The summed E-state index contributed by atoms with van der Waals surface area (Å²) >= 11 is 0. The lowest BCUT2D eigenvalue weighted by Crippen LogP contribution is -2.22. The smallest absolute Gasteiger partial charge is 0.488 e. The number of hydrogen-bond donors (Lipinski definition) is 1. The van der Waals surface area contributed by atoms with E-state index >= 15 is 0 Å². The Morgan fingerprint density at radius 2 is 0.737 bits per heavy atom. The molecule has 0 aliphatic carbocycles. The maximum absolute atomic E-state index is 10.7. The summed E-state index contributed by atoms with van der Waals surface area (Å²) < 4.78 is 76.3. The van der Waals surface area contributed by atoms with Gasteiger partial charge in [-0.3, -0.25) is 4.55 Å². The van der Waals surface area contributed by atoms with Gasteiger partial charge in [0.1, 0.15) is 34.1 Å². The molecule has 7 rings (SSSR count). The van der Waals surface area contributed by atoms with Crippen molar-refractivity contribution < 1.29 is 40.4 Å². The van der Waals surface area contributed by atoms with Gasteiger partial charge in [0, 0.05) is 0 Å². The Bertz CT molecular complexity index is 2500. The molecule has 0 radical (unpaired) electrons. The van der Waals surface area contributed by atoms with Crippen LogP contribution in [0, 0.1) is 0 Å². The molecule has 0 aromatic heterocycles. The second kappa shape index (κ2) is 14.9. The van der Waals surface area contributed by atoms with Crippen LogP contribution in [0.1, 0.15) is 62.3 Å². The lowest BCUT2D eigenvalue weighted by Gasteiger charge is -2.25. The highest BCUT2D eigenvalue weighted by molar-refractivity contribution is 7.86. The molecule has 0 amide bonds. The zero-order valence-electron chi connectivity index (χ0n) is 33.5. The Hall–Kier alpha value is -5.32. The standard InChI is InChI=1S/C46H46O3.CHF3O3S/c1-44(2,3)47-34-21-13-31(14-22-34)40-37-27-19-29-11-10-12-30-20-28-38(43(37)39(29)30)41(32-15-23-35(24-16-32)48-45(4,5)6)42(40)33-17-25-36(26-18-33)49-46(7,8)9;2-1(3,4)8(5,6)7/h10-28H,1-9H3;(H,5,6,7). The third-order valence-electron chi connectivity index (χ3n) is 8.81. The van der Waals surface area contributed by atoms with Gasteiger partial charge in [-0.15, -0.1) is 0 Å². The number of hydrogen-bond acceptors (Lipinski definition) is 5. The van der Waals surface area contributed by atoms with Crippen molar-refractivity contribution in [2.24, 2.45) is 0 Å². The molecule has 0 aliphatic rings. The minimum atomic E-state index is -5.84. The van der Waals surface area contributed by atoms with E-state index in [2.05, 4.69) is 178 Å². The molecule has 0 fully saturated rings. The molecule has 298 valence electrons. The normalized spacial score (nSPS) is 12.8. The average Bonchev–Trinajstić information content (AvgIpc) is 3.09. The van der Waals surface area contributed by atoms with Crippen molar-refractivity contribution in [3.63, 3.8) is 0 Å². The van der Waals surface area contributed by atoms with Gasteiger partial charge in [-0.25, -0.2) is 0 Å². The predicted octanol–water partition coefficient (Wildman–Crippen LogP) is 13.5. The van der Waals surface area contributed by atoms with Crippen LogP contribution in [0.4, 0.5) is 13.2 Å². The van der Waals surface area contributed by atoms with Crippen molar-refractivity contribution >= 4 is 42.4 Å². The van der Waals surface area contributed by atoms with Crippen molar-refractivity contribution in [1.82, 2.24) is 0 Å². The molecule has 57 heavy (non-hydrogen) atoms. The Morgan fingerprint density at radius 1 is 0.439 bits per heavy atom. The zero-order valence-corrected chi connectivity index (χ0v) is 34.3. The van der Waals surface area contributed by atoms with E-state index in [1.807, 2.05) is 0 Å². The zero-order chi connectivity index (χ0) is 41.7. The second-order valence-electron chi connectivity index (χ2n) is 16.9. The number of alkyl halides is 3. The average molecular weight is 797 g/mol. The summed E-state index contributed by atoms with van der Waals surface area (Å²) in [4.78, 5) is 0. The van der Waals surface area contributed by atoms with Gasteiger partial charge >= 0.3 is 15.6 Å². The molecule has 7 aromatic carbocycles.